The highest BCUT2D eigenvalue weighted by Crippen LogP contribution is 2.46. The molecule has 34 heavy (non-hydrogen) atoms. The van der Waals surface area contributed by atoms with E-state index in [0.717, 1.165) is 0 Å². The van der Waals surface area contributed by atoms with E-state index in [1.165, 1.54) is 10.4 Å². The molecule has 0 bridgehead atoms. The molecule has 2 aliphatic heterocycles. The highest BCUT2D eigenvalue weighted by molar-refractivity contribution is 6.99. The quantitative estimate of drug-likeness (QED) is 0.421. The molecule has 2 aliphatic rings. The van der Waals surface area contributed by atoms with Crippen molar-refractivity contribution < 1.29 is 28.1 Å². The van der Waals surface area contributed by atoms with Gasteiger partial charge in [0, 0.05) is 14.2 Å². The summed E-state index contributed by atoms with van der Waals surface area (Å²) in [5.41, 5.74) is -0.824. The minimum atomic E-state index is -2.76. The summed E-state index contributed by atoms with van der Waals surface area (Å²) in [5.74, 6) is -2.20. The van der Waals surface area contributed by atoms with Crippen LogP contribution in [0.15, 0.2) is 60.7 Å². The minimum absolute atomic E-state index is 0.137. The van der Waals surface area contributed by atoms with E-state index >= 15 is 0 Å². The molecule has 2 heterocycles. The van der Waals surface area contributed by atoms with Crippen LogP contribution >= 0.6 is 0 Å². The first-order valence-electron chi connectivity index (χ1n) is 11.9. The third kappa shape index (κ3) is 4.17. The molecule has 7 heteroatoms. The fraction of sp³-hybridized carbons (Fsp3) is 0.556. The number of benzene rings is 2. The molecule has 2 aromatic carbocycles. The van der Waals surface area contributed by atoms with E-state index in [-0.39, 0.29) is 17.7 Å². The summed E-state index contributed by atoms with van der Waals surface area (Å²) in [5, 5.41) is 2.28. The van der Waals surface area contributed by atoms with Crippen molar-refractivity contribution >= 4 is 18.7 Å². The molecule has 2 saturated heterocycles. The normalized spacial score (nSPS) is 31.9. The Balaban J connectivity index is 1.77. The van der Waals surface area contributed by atoms with Crippen molar-refractivity contribution in [1.29, 1.82) is 0 Å². The molecule has 0 radical (unpaired) electrons. The van der Waals surface area contributed by atoms with Gasteiger partial charge in [-0.05, 0) is 29.3 Å². The molecule has 6 nitrogen and oxygen atoms in total. The van der Waals surface area contributed by atoms with Crippen molar-refractivity contribution in [1.82, 2.24) is 0 Å². The van der Waals surface area contributed by atoms with Crippen molar-refractivity contribution in [3.63, 3.8) is 0 Å². The molecule has 2 aromatic rings. The van der Waals surface area contributed by atoms with E-state index in [9.17, 15) is 0 Å². The second-order valence-electron chi connectivity index (χ2n) is 10.5. The number of ether oxygens (including phenoxy) is 5. The summed E-state index contributed by atoms with van der Waals surface area (Å²) in [4.78, 5) is 0. The van der Waals surface area contributed by atoms with Crippen LogP contribution in [0.25, 0.3) is 0 Å². The summed E-state index contributed by atoms with van der Waals surface area (Å²) in [6.45, 7) is 11.6. The first-order chi connectivity index (χ1) is 16.1. The smallest absolute Gasteiger partial charge is 0.261 e. The first-order valence-corrected chi connectivity index (χ1v) is 13.8. The maximum Gasteiger partial charge on any atom is 0.261 e. The number of methoxy groups -OCH3 is 2. The van der Waals surface area contributed by atoms with Gasteiger partial charge in [0.15, 0.2) is 0 Å². The van der Waals surface area contributed by atoms with Gasteiger partial charge in [0.25, 0.3) is 8.32 Å². The molecule has 0 saturated carbocycles. The van der Waals surface area contributed by atoms with Crippen molar-refractivity contribution in [2.24, 2.45) is 0 Å². The Kier molecular flexibility index (Phi) is 6.85. The lowest BCUT2D eigenvalue weighted by molar-refractivity contribution is -0.455. The van der Waals surface area contributed by atoms with Gasteiger partial charge in [0.1, 0.15) is 11.7 Å². The molecule has 4 rings (SSSR count). The second-order valence-corrected chi connectivity index (χ2v) is 14.8. The van der Waals surface area contributed by atoms with Gasteiger partial charge < -0.3 is 28.1 Å². The summed E-state index contributed by atoms with van der Waals surface area (Å²) >= 11 is 0. The standard InChI is InChI=1S/C27H38O6Si/c1-24(2,3)34(21-14-10-8-11-15-21,22-16-12-9-13-17-22)32-20-27(23-18-30-23)19-31-25(4,28-6)26(5,29-7)33-27/h8-17,23H,18-20H2,1-7H3/t23-,25+,26+,27-/m1/s1. The van der Waals surface area contributed by atoms with Crippen LogP contribution in [0.5, 0.6) is 0 Å². The lowest BCUT2D eigenvalue weighted by Gasteiger charge is -2.54. The van der Waals surface area contributed by atoms with Gasteiger partial charge in [-0.1, -0.05) is 81.4 Å². The fourth-order valence-corrected chi connectivity index (χ4v) is 9.66. The molecular weight excluding hydrogens is 448 g/mol. The summed E-state index contributed by atoms with van der Waals surface area (Å²) in [7, 11) is 0.440. The van der Waals surface area contributed by atoms with E-state index in [4.69, 9.17) is 28.1 Å². The monoisotopic (exact) mass is 486 g/mol. The Morgan fingerprint density at radius 2 is 1.38 bits per heavy atom. The molecule has 0 aromatic heterocycles. The highest BCUT2D eigenvalue weighted by atomic mass is 28.4. The number of rotatable bonds is 8. The Bertz CT molecular complexity index is 921. The Labute approximate surface area is 204 Å². The highest BCUT2D eigenvalue weighted by Gasteiger charge is 2.64. The van der Waals surface area contributed by atoms with Gasteiger partial charge in [0.05, 0.1) is 19.8 Å². The molecule has 186 valence electrons. The van der Waals surface area contributed by atoms with Gasteiger partial charge >= 0.3 is 0 Å². The second kappa shape index (κ2) is 9.13. The van der Waals surface area contributed by atoms with Crippen LogP contribution in [0.1, 0.15) is 34.6 Å². The zero-order chi connectivity index (χ0) is 24.7. The number of epoxide rings is 1. The zero-order valence-electron chi connectivity index (χ0n) is 21.4. The van der Waals surface area contributed by atoms with E-state index in [2.05, 4.69) is 69.3 Å². The van der Waals surface area contributed by atoms with Gasteiger partial charge in [-0.15, -0.1) is 0 Å². The molecule has 0 amide bonds. The third-order valence-electron chi connectivity index (χ3n) is 7.46. The summed E-state index contributed by atoms with van der Waals surface area (Å²) < 4.78 is 37.5. The van der Waals surface area contributed by atoms with Gasteiger partial charge in [-0.25, -0.2) is 0 Å². The van der Waals surface area contributed by atoms with Crippen LogP contribution in [-0.2, 0) is 28.1 Å². The first kappa shape index (κ1) is 25.5. The van der Waals surface area contributed by atoms with Crippen LogP contribution in [-0.4, -0.2) is 65.6 Å². The average Bonchev–Trinajstić information content (AvgIpc) is 3.68. The molecule has 0 unspecified atom stereocenters. The van der Waals surface area contributed by atoms with E-state index in [1.807, 2.05) is 26.0 Å². The predicted octanol–water partition coefficient (Wildman–Crippen LogP) is 3.47. The van der Waals surface area contributed by atoms with Crippen LogP contribution < -0.4 is 10.4 Å². The fourth-order valence-electron chi connectivity index (χ4n) is 5.04. The van der Waals surface area contributed by atoms with Crippen molar-refractivity contribution in [2.45, 2.75) is 62.9 Å². The largest absolute Gasteiger partial charge is 0.404 e. The average molecular weight is 487 g/mol. The molecule has 4 atom stereocenters. The molecule has 0 aliphatic carbocycles. The van der Waals surface area contributed by atoms with Gasteiger partial charge in [0.2, 0.25) is 11.6 Å². The lowest BCUT2D eigenvalue weighted by atomic mass is 9.96. The number of hydrogen-bond acceptors (Lipinski definition) is 6. The zero-order valence-corrected chi connectivity index (χ0v) is 22.4. The maximum absolute atomic E-state index is 7.21. The van der Waals surface area contributed by atoms with Crippen molar-refractivity contribution in [2.75, 3.05) is 34.0 Å². The topological polar surface area (TPSA) is 58.7 Å². The predicted molar refractivity (Wildman–Crippen MR) is 134 cm³/mol. The van der Waals surface area contributed by atoms with Crippen molar-refractivity contribution in [3.8, 4) is 0 Å². The van der Waals surface area contributed by atoms with Crippen LogP contribution in [0.3, 0.4) is 0 Å². The number of hydrogen-bond donors (Lipinski definition) is 0. The Hall–Kier alpha value is -1.58. The third-order valence-corrected chi connectivity index (χ3v) is 12.4. The minimum Gasteiger partial charge on any atom is -0.404 e. The summed E-state index contributed by atoms with van der Waals surface area (Å²) in [6.07, 6.45) is -0.137. The molecule has 0 N–H and O–H groups in total. The van der Waals surface area contributed by atoms with E-state index < -0.39 is 25.5 Å². The van der Waals surface area contributed by atoms with Crippen LogP contribution in [0, 0.1) is 0 Å². The lowest BCUT2D eigenvalue weighted by Crippen LogP contribution is -2.72. The van der Waals surface area contributed by atoms with E-state index in [0.29, 0.717) is 13.2 Å². The van der Waals surface area contributed by atoms with Crippen LogP contribution in [0.2, 0.25) is 5.04 Å². The van der Waals surface area contributed by atoms with Crippen molar-refractivity contribution in [3.05, 3.63) is 60.7 Å². The summed E-state index contributed by atoms with van der Waals surface area (Å²) in [6, 6.07) is 21.2. The maximum atomic E-state index is 7.21. The molecular formula is C27H38O6Si. The Morgan fingerprint density at radius 1 is 0.882 bits per heavy atom. The van der Waals surface area contributed by atoms with Gasteiger partial charge in [-0.3, -0.25) is 0 Å². The van der Waals surface area contributed by atoms with Gasteiger partial charge in [-0.2, -0.15) is 0 Å². The Morgan fingerprint density at radius 3 is 1.79 bits per heavy atom. The molecule has 2 fully saturated rings. The molecule has 0 spiro atoms. The van der Waals surface area contributed by atoms with Crippen LogP contribution in [0.4, 0.5) is 0 Å². The van der Waals surface area contributed by atoms with E-state index in [1.54, 1.807) is 14.2 Å². The SMILES string of the molecule is CO[C@@]1(C)OC[C@@](CO[Si](c2ccccc2)(c2ccccc2)C(C)(C)C)([C@H]2CO2)O[C@]1(C)OC.